The van der Waals surface area contributed by atoms with Crippen LogP contribution in [0.25, 0.3) is 0 Å². The van der Waals surface area contributed by atoms with Crippen LogP contribution in [-0.2, 0) is 0 Å². The van der Waals surface area contributed by atoms with E-state index in [4.69, 9.17) is 5.73 Å². The fraction of sp³-hybridized carbons (Fsp3) is 0.583. The summed E-state index contributed by atoms with van der Waals surface area (Å²) in [4.78, 5) is 6.84. The number of pyridine rings is 1. The van der Waals surface area contributed by atoms with Crippen molar-refractivity contribution in [2.75, 3.05) is 11.4 Å². The Hall–Kier alpha value is -1.09. The summed E-state index contributed by atoms with van der Waals surface area (Å²) in [6.45, 7) is 5.37. The van der Waals surface area contributed by atoms with Crippen LogP contribution in [0.1, 0.15) is 25.3 Å². The highest BCUT2D eigenvalue weighted by Gasteiger charge is 2.24. The summed E-state index contributed by atoms with van der Waals surface area (Å²) >= 11 is 0. The number of rotatable bonds is 1. The van der Waals surface area contributed by atoms with Gasteiger partial charge in [0, 0.05) is 24.8 Å². The highest BCUT2D eigenvalue weighted by molar-refractivity contribution is 5.47. The Kier molecular flexibility index (Phi) is 2.91. The van der Waals surface area contributed by atoms with Gasteiger partial charge in [0.25, 0.3) is 0 Å². The Labute approximate surface area is 91.3 Å². The second kappa shape index (κ2) is 4.19. The van der Waals surface area contributed by atoms with Gasteiger partial charge in [0.1, 0.15) is 5.82 Å². The van der Waals surface area contributed by atoms with Crippen LogP contribution >= 0.6 is 0 Å². The van der Waals surface area contributed by atoms with Crippen molar-refractivity contribution in [3.8, 4) is 0 Å². The average molecular weight is 205 g/mol. The van der Waals surface area contributed by atoms with Crippen LogP contribution in [0.2, 0.25) is 0 Å². The molecule has 82 valence electrons. The minimum atomic E-state index is 0.361. The van der Waals surface area contributed by atoms with Gasteiger partial charge in [-0.05, 0) is 38.3 Å². The molecule has 0 bridgehead atoms. The van der Waals surface area contributed by atoms with Crippen LogP contribution in [-0.4, -0.2) is 23.6 Å². The van der Waals surface area contributed by atoms with Gasteiger partial charge < -0.3 is 10.6 Å². The van der Waals surface area contributed by atoms with Gasteiger partial charge in [-0.3, -0.25) is 0 Å². The first-order valence-corrected chi connectivity index (χ1v) is 5.62. The van der Waals surface area contributed by atoms with E-state index in [1.807, 2.05) is 12.3 Å². The summed E-state index contributed by atoms with van der Waals surface area (Å²) in [6, 6.07) is 4.96. The van der Waals surface area contributed by atoms with E-state index in [9.17, 15) is 0 Å². The number of nitrogens with two attached hydrogens (primary N) is 1. The van der Waals surface area contributed by atoms with Crippen molar-refractivity contribution >= 4 is 5.82 Å². The third-order valence-corrected chi connectivity index (χ3v) is 3.17. The molecule has 2 heterocycles. The molecule has 2 atom stereocenters. The van der Waals surface area contributed by atoms with Gasteiger partial charge >= 0.3 is 0 Å². The predicted octanol–water partition coefficient (Wildman–Crippen LogP) is 1.71. The largest absolute Gasteiger partial charge is 0.354 e. The Bertz CT molecular complexity index is 337. The van der Waals surface area contributed by atoms with Crippen LogP contribution in [0.15, 0.2) is 18.3 Å². The average Bonchev–Trinajstić information content (AvgIpc) is 2.20. The smallest absolute Gasteiger partial charge is 0.131 e. The minimum Gasteiger partial charge on any atom is -0.354 e. The Morgan fingerprint density at radius 1 is 1.53 bits per heavy atom. The summed E-state index contributed by atoms with van der Waals surface area (Å²) in [5.41, 5.74) is 7.21. The predicted molar refractivity (Wildman–Crippen MR) is 63.0 cm³/mol. The zero-order valence-corrected chi connectivity index (χ0v) is 9.48. The summed E-state index contributed by atoms with van der Waals surface area (Å²) in [7, 11) is 0. The van der Waals surface area contributed by atoms with Crippen LogP contribution in [0.4, 0.5) is 5.82 Å². The van der Waals surface area contributed by atoms with E-state index in [2.05, 4.69) is 29.8 Å². The monoisotopic (exact) mass is 205 g/mol. The van der Waals surface area contributed by atoms with Gasteiger partial charge in [0.05, 0.1) is 0 Å². The van der Waals surface area contributed by atoms with E-state index in [-0.39, 0.29) is 0 Å². The van der Waals surface area contributed by atoms with Gasteiger partial charge in [-0.2, -0.15) is 0 Å². The molecule has 1 fully saturated rings. The maximum Gasteiger partial charge on any atom is 0.131 e. The van der Waals surface area contributed by atoms with Crippen molar-refractivity contribution in [1.82, 2.24) is 4.98 Å². The number of hydrogen-bond donors (Lipinski definition) is 1. The maximum absolute atomic E-state index is 5.96. The highest BCUT2D eigenvalue weighted by Crippen LogP contribution is 2.24. The second-order valence-electron chi connectivity index (χ2n) is 4.47. The molecule has 0 spiro atoms. The quantitative estimate of drug-likeness (QED) is 0.759. The molecule has 1 aliphatic rings. The molecule has 0 radical (unpaired) electrons. The lowest BCUT2D eigenvalue weighted by Crippen LogP contribution is -2.46. The van der Waals surface area contributed by atoms with Gasteiger partial charge in [-0.25, -0.2) is 4.98 Å². The molecule has 0 saturated carbocycles. The van der Waals surface area contributed by atoms with Gasteiger partial charge in [0.15, 0.2) is 0 Å². The molecule has 1 aromatic heterocycles. The topological polar surface area (TPSA) is 42.2 Å². The molecule has 3 nitrogen and oxygen atoms in total. The van der Waals surface area contributed by atoms with Crippen LogP contribution in [0.3, 0.4) is 0 Å². The van der Waals surface area contributed by atoms with E-state index in [0.717, 1.165) is 25.2 Å². The van der Waals surface area contributed by atoms with Gasteiger partial charge in [0.2, 0.25) is 0 Å². The number of nitrogens with zero attached hydrogens (tertiary/aromatic N) is 2. The maximum atomic E-state index is 5.96. The molecular weight excluding hydrogens is 186 g/mol. The molecule has 1 aliphatic heterocycles. The van der Waals surface area contributed by atoms with E-state index in [1.165, 1.54) is 5.56 Å². The van der Waals surface area contributed by atoms with Crippen LogP contribution < -0.4 is 10.6 Å². The van der Waals surface area contributed by atoms with Crippen LogP contribution in [0, 0.1) is 6.92 Å². The zero-order chi connectivity index (χ0) is 10.8. The molecule has 2 N–H and O–H groups in total. The Morgan fingerprint density at radius 3 is 3.00 bits per heavy atom. The molecule has 3 heteroatoms. The number of aryl methyl sites for hydroxylation is 1. The molecular formula is C12H19N3. The van der Waals surface area contributed by atoms with Crippen molar-refractivity contribution in [3.05, 3.63) is 23.9 Å². The SMILES string of the molecule is Cc1cccnc1N1CCC(N)CC1C. The second-order valence-corrected chi connectivity index (χ2v) is 4.47. The number of hydrogen-bond acceptors (Lipinski definition) is 3. The summed E-state index contributed by atoms with van der Waals surface area (Å²) in [5.74, 6) is 1.12. The van der Waals surface area contributed by atoms with E-state index in [1.54, 1.807) is 0 Å². The lowest BCUT2D eigenvalue weighted by atomic mass is 9.99. The Morgan fingerprint density at radius 2 is 2.33 bits per heavy atom. The van der Waals surface area contributed by atoms with Gasteiger partial charge in [-0.1, -0.05) is 6.07 Å². The molecule has 2 unspecified atom stereocenters. The molecule has 2 rings (SSSR count). The fourth-order valence-corrected chi connectivity index (χ4v) is 2.30. The Balaban J connectivity index is 2.20. The number of piperidine rings is 1. The van der Waals surface area contributed by atoms with Crippen LogP contribution in [0.5, 0.6) is 0 Å². The number of anilines is 1. The first kappa shape index (κ1) is 10.4. The fourth-order valence-electron chi connectivity index (χ4n) is 2.30. The van der Waals surface area contributed by atoms with E-state index in [0.29, 0.717) is 12.1 Å². The summed E-state index contributed by atoms with van der Waals surface area (Å²) < 4.78 is 0. The normalized spacial score (nSPS) is 26.7. The summed E-state index contributed by atoms with van der Waals surface area (Å²) in [5, 5.41) is 0. The van der Waals surface area contributed by atoms with Crippen molar-refractivity contribution in [1.29, 1.82) is 0 Å². The van der Waals surface area contributed by atoms with Crippen molar-refractivity contribution in [2.45, 2.75) is 38.8 Å². The molecule has 0 aliphatic carbocycles. The first-order chi connectivity index (χ1) is 7.18. The lowest BCUT2D eigenvalue weighted by Gasteiger charge is -2.37. The third-order valence-electron chi connectivity index (χ3n) is 3.17. The lowest BCUT2D eigenvalue weighted by molar-refractivity contribution is 0.427. The standard InChI is InChI=1S/C12H19N3/c1-9-4-3-6-14-12(9)15-7-5-11(13)8-10(15)2/h3-4,6,10-11H,5,7-8,13H2,1-2H3. The van der Waals surface area contributed by atoms with Crippen molar-refractivity contribution in [2.24, 2.45) is 5.73 Å². The minimum absolute atomic E-state index is 0.361. The van der Waals surface area contributed by atoms with E-state index < -0.39 is 0 Å². The van der Waals surface area contributed by atoms with Crippen molar-refractivity contribution < 1.29 is 0 Å². The first-order valence-electron chi connectivity index (χ1n) is 5.62. The third kappa shape index (κ3) is 2.12. The molecule has 1 aromatic rings. The molecule has 0 aromatic carbocycles. The summed E-state index contributed by atoms with van der Waals surface area (Å²) in [6.07, 6.45) is 4.00. The van der Waals surface area contributed by atoms with Crippen molar-refractivity contribution in [3.63, 3.8) is 0 Å². The highest BCUT2D eigenvalue weighted by atomic mass is 15.2. The van der Waals surface area contributed by atoms with Gasteiger partial charge in [-0.15, -0.1) is 0 Å². The molecule has 15 heavy (non-hydrogen) atoms. The number of aromatic nitrogens is 1. The molecule has 1 saturated heterocycles. The van der Waals surface area contributed by atoms with E-state index >= 15 is 0 Å². The molecule has 0 amide bonds. The zero-order valence-electron chi connectivity index (χ0n) is 9.48.